The molecular weight excluding hydrogens is 465 g/mol. The number of thioether (sulfide) groups is 1. The number of hydrogen-bond donors (Lipinski definition) is 2. The Morgan fingerprint density at radius 2 is 1.77 bits per heavy atom. The molecule has 1 heterocycles. The van der Waals surface area contributed by atoms with Crippen molar-refractivity contribution < 1.29 is 14.3 Å². The lowest BCUT2D eigenvalue weighted by atomic mass is 10.2. The molecule has 0 saturated heterocycles. The molecule has 0 bridgehead atoms. The summed E-state index contributed by atoms with van der Waals surface area (Å²) in [5, 5.41) is 8.40. The van der Waals surface area contributed by atoms with E-state index in [-0.39, 0.29) is 24.0 Å². The van der Waals surface area contributed by atoms with Crippen LogP contribution >= 0.6 is 46.3 Å². The van der Waals surface area contributed by atoms with Crippen LogP contribution in [0.1, 0.15) is 5.69 Å². The second kappa shape index (κ2) is 10.7. The summed E-state index contributed by atoms with van der Waals surface area (Å²) in [5.74, 6) is 0.397. The number of benzene rings is 2. The summed E-state index contributed by atoms with van der Waals surface area (Å²) in [6.45, 7) is 0. The van der Waals surface area contributed by atoms with Gasteiger partial charge in [-0.05, 0) is 42.5 Å². The van der Waals surface area contributed by atoms with Crippen molar-refractivity contribution in [2.45, 2.75) is 10.8 Å². The van der Waals surface area contributed by atoms with Gasteiger partial charge in [0.2, 0.25) is 11.8 Å². The van der Waals surface area contributed by atoms with E-state index in [1.807, 2.05) is 0 Å². The van der Waals surface area contributed by atoms with Crippen molar-refractivity contribution in [3.8, 4) is 5.75 Å². The van der Waals surface area contributed by atoms with Crippen molar-refractivity contribution in [3.63, 3.8) is 0 Å². The second-order valence-corrected chi connectivity index (χ2v) is 8.95. The van der Waals surface area contributed by atoms with Gasteiger partial charge < -0.3 is 15.4 Å². The third-order valence-corrected chi connectivity index (χ3v) is 6.38. The van der Waals surface area contributed by atoms with E-state index < -0.39 is 0 Å². The number of amides is 2. The van der Waals surface area contributed by atoms with E-state index in [9.17, 15) is 9.59 Å². The number of methoxy groups -OCH3 is 1. The van der Waals surface area contributed by atoms with Gasteiger partial charge in [0.1, 0.15) is 5.75 Å². The second-order valence-electron chi connectivity index (χ2n) is 6.02. The Kier molecular flexibility index (Phi) is 7.98. The summed E-state index contributed by atoms with van der Waals surface area (Å²) < 4.78 is 5.81. The van der Waals surface area contributed by atoms with Crippen LogP contribution in [0.3, 0.4) is 0 Å². The predicted molar refractivity (Wildman–Crippen MR) is 123 cm³/mol. The number of carbonyl (C=O) groups excluding carboxylic acids is 2. The molecule has 156 valence electrons. The monoisotopic (exact) mass is 481 g/mol. The summed E-state index contributed by atoms with van der Waals surface area (Å²) in [4.78, 5) is 28.7. The SMILES string of the molecule is COc1ccc(NC(=O)Cc2csc(SCC(=O)Nc3ccc(Cl)cc3)n2)cc1Cl. The molecule has 0 aliphatic heterocycles. The van der Waals surface area contributed by atoms with Gasteiger partial charge in [0.25, 0.3) is 0 Å². The zero-order valence-electron chi connectivity index (χ0n) is 15.8. The molecule has 10 heteroatoms. The number of nitrogens with zero attached hydrogens (tertiary/aromatic N) is 1. The smallest absolute Gasteiger partial charge is 0.234 e. The third-order valence-electron chi connectivity index (χ3n) is 3.76. The molecule has 0 aliphatic rings. The third kappa shape index (κ3) is 6.63. The highest BCUT2D eigenvalue weighted by atomic mass is 35.5. The van der Waals surface area contributed by atoms with Gasteiger partial charge in [-0.15, -0.1) is 11.3 Å². The number of nitrogens with one attached hydrogen (secondary N) is 2. The molecule has 0 spiro atoms. The molecule has 2 aromatic carbocycles. The van der Waals surface area contributed by atoms with Gasteiger partial charge in [0.15, 0.2) is 4.34 Å². The summed E-state index contributed by atoms with van der Waals surface area (Å²) in [7, 11) is 1.53. The average molecular weight is 482 g/mol. The van der Waals surface area contributed by atoms with Gasteiger partial charge in [-0.25, -0.2) is 4.98 Å². The van der Waals surface area contributed by atoms with E-state index in [0.717, 1.165) is 4.34 Å². The van der Waals surface area contributed by atoms with Gasteiger partial charge in [-0.3, -0.25) is 9.59 Å². The first-order chi connectivity index (χ1) is 14.4. The van der Waals surface area contributed by atoms with Crippen LogP contribution in [0.25, 0.3) is 0 Å². The number of rotatable bonds is 8. The molecule has 3 rings (SSSR count). The summed E-state index contributed by atoms with van der Waals surface area (Å²) >= 11 is 14.6. The highest BCUT2D eigenvalue weighted by Crippen LogP contribution is 2.27. The highest BCUT2D eigenvalue weighted by Gasteiger charge is 2.11. The number of carbonyl (C=O) groups is 2. The maximum Gasteiger partial charge on any atom is 0.234 e. The van der Waals surface area contributed by atoms with E-state index in [1.54, 1.807) is 47.8 Å². The Balaban J connectivity index is 1.47. The van der Waals surface area contributed by atoms with Crippen molar-refractivity contribution in [1.82, 2.24) is 4.98 Å². The van der Waals surface area contributed by atoms with E-state index in [4.69, 9.17) is 27.9 Å². The molecule has 0 fully saturated rings. The number of hydrogen-bond acceptors (Lipinski definition) is 6. The van der Waals surface area contributed by atoms with Crippen molar-refractivity contribution in [3.05, 3.63) is 63.6 Å². The number of thiazole rings is 1. The fourth-order valence-corrected chi connectivity index (χ4v) is 4.44. The normalized spacial score (nSPS) is 10.5. The maximum atomic E-state index is 12.2. The lowest BCUT2D eigenvalue weighted by molar-refractivity contribution is -0.116. The van der Waals surface area contributed by atoms with E-state index in [1.165, 1.54) is 30.2 Å². The van der Waals surface area contributed by atoms with Crippen LogP contribution in [0, 0.1) is 0 Å². The molecular formula is C20H17Cl2N3O3S2. The lowest BCUT2D eigenvalue weighted by Gasteiger charge is -2.07. The standard InChI is InChI=1S/C20H17Cl2N3O3S2/c1-28-17-7-6-14(8-16(17)22)24-18(26)9-15-10-29-20(25-15)30-11-19(27)23-13-4-2-12(21)3-5-13/h2-8,10H,9,11H2,1H3,(H,23,27)(H,24,26). The Bertz CT molecular complexity index is 1040. The maximum absolute atomic E-state index is 12.2. The molecule has 0 unspecified atom stereocenters. The number of ether oxygens (including phenoxy) is 1. The van der Waals surface area contributed by atoms with Crippen molar-refractivity contribution in [1.29, 1.82) is 0 Å². The molecule has 2 amide bonds. The predicted octanol–water partition coefficient (Wildman–Crippen LogP) is 5.37. The lowest BCUT2D eigenvalue weighted by Crippen LogP contribution is -2.15. The summed E-state index contributed by atoms with van der Waals surface area (Å²) in [5.41, 5.74) is 1.90. The molecule has 0 atom stereocenters. The van der Waals surface area contributed by atoms with E-state index in [0.29, 0.717) is 32.9 Å². The fraction of sp³-hybridized carbons (Fsp3) is 0.150. The first kappa shape index (κ1) is 22.4. The Hall–Kier alpha value is -2.26. The van der Waals surface area contributed by atoms with Crippen LogP contribution in [-0.2, 0) is 16.0 Å². The number of halogens is 2. The summed E-state index contributed by atoms with van der Waals surface area (Å²) in [6.07, 6.45) is 0.123. The molecule has 0 aliphatic carbocycles. The van der Waals surface area contributed by atoms with Crippen molar-refractivity contribution in [2.24, 2.45) is 0 Å². The van der Waals surface area contributed by atoms with Crippen molar-refractivity contribution in [2.75, 3.05) is 23.5 Å². The molecule has 1 aromatic heterocycles. The minimum atomic E-state index is -0.210. The van der Waals surface area contributed by atoms with Crippen LogP contribution < -0.4 is 15.4 Å². The minimum absolute atomic E-state index is 0.123. The van der Waals surface area contributed by atoms with Crippen LogP contribution in [0.5, 0.6) is 5.75 Å². The number of aromatic nitrogens is 1. The molecule has 30 heavy (non-hydrogen) atoms. The van der Waals surface area contributed by atoms with Gasteiger partial charge in [-0.2, -0.15) is 0 Å². The zero-order chi connectivity index (χ0) is 21.5. The first-order valence-electron chi connectivity index (χ1n) is 8.69. The molecule has 0 saturated carbocycles. The molecule has 6 nitrogen and oxygen atoms in total. The molecule has 0 radical (unpaired) electrons. The highest BCUT2D eigenvalue weighted by molar-refractivity contribution is 8.01. The number of anilines is 2. The van der Waals surface area contributed by atoms with E-state index in [2.05, 4.69) is 15.6 Å². The van der Waals surface area contributed by atoms with Gasteiger partial charge in [-0.1, -0.05) is 35.0 Å². The topological polar surface area (TPSA) is 80.3 Å². The first-order valence-corrected chi connectivity index (χ1v) is 11.3. The van der Waals surface area contributed by atoms with Crippen LogP contribution in [0.2, 0.25) is 10.0 Å². The van der Waals surface area contributed by atoms with Gasteiger partial charge in [0, 0.05) is 21.8 Å². The molecule has 3 aromatic rings. The largest absolute Gasteiger partial charge is 0.495 e. The zero-order valence-corrected chi connectivity index (χ0v) is 18.9. The summed E-state index contributed by atoms with van der Waals surface area (Å²) in [6, 6.07) is 11.9. The average Bonchev–Trinajstić information content (AvgIpc) is 3.15. The Morgan fingerprint density at radius 3 is 2.47 bits per heavy atom. The van der Waals surface area contributed by atoms with Crippen LogP contribution in [-0.4, -0.2) is 29.7 Å². The van der Waals surface area contributed by atoms with Gasteiger partial charge in [0.05, 0.1) is 30.0 Å². The van der Waals surface area contributed by atoms with Crippen LogP contribution in [0.4, 0.5) is 11.4 Å². The molecule has 2 N–H and O–H groups in total. The van der Waals surface area contributed by atoms with Gasteiger partial charge >= 0.3 is 0 Å². The fourth-order valence-electron chi connectivity index (χ4n) is 2.41. The minimum Gasteiger partial charge on any atom is -0.495 e. The van der Waals surface area contributed by atoms with Crippen LogP contribution in [0.15, 0.2) is 52.2 Å². The van der Waals surface area contributed by atoms with E-state index >= 15 is 0 Å². The Labute approximate surface area is 191 Å². The quantitative estimate of drug-likeness (QED) is 0.422. The van der Waals surface area contributed by atoms with Crippen molar-refractivity contribution >= 4 is 69.5 Å². The Morgan fingerprint density at radius 1 is 1.07 bits per heavy atom.